The summed E-state index contributed by atoms with van der Waals surface area (Å²) in [5, 5.41) is 0. The Labute approximate surface area is 147 Å². The highest BCUT2D eigenvalue weighted by Gasteiger charge is 2.55. The van der Waals surface area contributed by atoms with Crippen molar-refractivity contribution in [1.82, 2.24) is 4.72 Å². The smallest absolute Gasteiger partial charge is 0.509 e. The second-order valence-electron chi connectivity index (χ2n) is 7.15. The van der Waals surface area contributed by atoms with Gasteiger partial charge in [0.15, 0.2) is 0 Å². The minimum atomic E-state index is -1.20. The highest BCUT2D eigenvalue weighted by Crippen LogP contribution is 2.44. The molecule has 0 unspecified atom stereocenters. The molecule has 1 N–H and O–H groups in total. The van der Waals surface area contributed by atoms with Crippen LogP contribution in [0.25, 0.3) is 0 Å². The van der Waals surface area contributed by atoms with E-state index in [2.05, 4.69) is 4.72 Å². The van der Waals surface area contributed by atoms with Crippen LogP contribution in [0.1, 0.15) is 52.5 Å². The lowest BCUT2D eigenvalue weighted by atomic mass is 10.1. The van der Waals surface area contributed by atoms with Crippen LogP contribution in [0.2, 0.25) is 0 Å². The Balaban J connectivity index is 1.88. The van der Waals surface area contributed by atoms with Crippen molar-refractivity contribution in [3.63, 3.8) is 0 Å². The molecular formula is C18H27NO4S. The number of rotatable bonds is 7. The Morgan fingerprint density at radius 1 is 1.33 bits per heavy atom. The van der Waals surface area contributed by atoms with Gasteiger partial charge in [0.1, 0.15) is 17.0 Å². The molecule has 1 aliphatic carbocycles. The molecule has 0 aliphatic heterocycles. The first-order chi connectivity index (χ1) is 11.3. The van der Waals surface area contributed by atoms with Gasteiger partial charge >= 0.3 is 6.16 Å². The maximum atomic E-state index is 12.3. The first-order valence-electron chi connectivity index (χ1n) is 8.34. The summed E-state index contributed by atoms with van der Waals surface area (Å²) in [4.78, 5) is 12.0. The van der Waals surface area contributed by atoms with E-state index >= 15 is 0 Å². The average molecular weight is 353 g/mol. The molecule has 0 heterocycles. The quantitative estimate of drug-likeness (QED) is 0.598. The van der Waals surface area contributed by atoms with Gasteiger partial charge in [0.2, 0.25) is 0 Å². The number of ether oxygens (including phenoxy) is 2. The molecule has 1 aromatic rings. The van der Waals surface area contributed by atoms with E-state index in [0.717, 1.165) is 24.8 Å². The van der Waals surface area contributed by atoms with Crippen LogP contribution in [-0.4, -0.2) is 27.1 Å². The highest BCUT2D eigenvalue weighted by molar-refractivity contribution is 7.90. The third kappa shape index (κ3) is 5.13. The topological polar surface area (TPSA) is 70.6 Å². The Morgan fingerprint density at radius 3 is 2.46 bits per heavy atom. The van der Waals surface area contributed by atoms with E-state index in [-0.39, 0.29) is 17.4 Å². The summed E-state index contributed by atoms with van der Waals surface area (Å²) in [5.41, 5.74) is 0.321. The molecule has 1 fully saturated rings. The fraction of sp³-hybridized carbons (Fsp3) is 0.611. The Kier molecular flexibility index (Phi) is 6.17. The number of carbonyl (C=O) groups excluding carboxylic acids is 1. The van der Waals surface area contributed by atoms with Crippen molar-refractivity contribution in [3.8, 4) is 0 Å². The van der Waals surface area contributed by atoms with Crippen LogP contribution in [0.15, 0.2) is 30.3 Å². The molecule has 0 spiro atoms. The number of carbonyl (C=O) groups is 1. The Bertz CT molecular complexity index is 540. The zero-order valence-corrected chi connectivity index (χ0v) is 15.7. The third-order valence-electron chi connectivity index (χ3n) is 4.08. The van der Waals surface area contributed by atoms with Gasteiger partial charge in [-0.25, -0.2) is 4.79 Å². The molecule has 134 valence electrons. The molecule has 0 aromatic heterocycles. The maximum absolute atomic E-state index is 12.3. The van der Waals surface area contributed by atoms with E-state index in [1.54, 1.807) is 0 Å². The molecule has 1 aliphatic rings. The maximum Gasteiger partial charge on any atom is 0.509 e. The fourth-order valence-electron chi connectivity index (χ4n) is 2.43. The van der Waals surface area contributed by atoms with Crippen LogP contribution in [-0.2, 0) is 27.4 Å². The minimum absolute atomic E-state index is 0.137. The second-order valence-corrected chi connectivity index (χ2v) is 9.15. The molecule has 2 atom stereocenters. The van der Waals surface area contributed by atoms with E-state index in [9.17, 15) is 9.35 Å². The monoisotopic (exact) mass is 353 g/mol. The van der Waals surface area contributed by atoms with Gasteiger partial charge in [-0.1, -0.05) is 37.3 Å². The molecule has 1 aromatic carbocycles. The first kappa shape index (κ1) is 19.1. The summed E-state index contributed by atoms with van der Waals surface area (Å²) >= 11 is -1.20. The van der Waals surface area contributed by atoms with E-state index in [4.69, 9.17) is 9.47 Å². The zero-order valence-electron chi connectivity index (χ0n) is 14.8. The number of hydrogen-bond acceptors (Lipinski definition) is 5. The van der Waals surface area contributed by atoms with Gasteiger partial charge in [0.25, 0.3) is 0 Å². The number of benzene rings is 1. The third-order valence-corrected chi connectivity index (χ3v) is 5.69. The van der Waals surface area contributed by atoms with Crippen LogP contribution < -0.4 is 4.72 Å². The summed E-state index contributed by atoms with van der Waals surface area (Å²) in [6.07, 6.45) is 1.59. The molecule has 24 heavy (non-hydrogen) atoms. The lowest BCUT2D eigenvalue weighted by molar-refractivity contribution is -0.00362. The predicted octanol–water partition coefficient (Wildman–Crippen LogP) is 3.70. The zero-order chi connectivity index (χ0) is 17.8. The summed E-state index contributed by atoms with van der Waals surface area (Å²) in [7, 11) is 0. The molecule has 0 radical (unpaired) electrons. The molecule has 0 amide bonds. The lowest BCUT2D eigenvalue weighted by Gasteiger charge is -2.31. The van der Waals surface area contributed by atoms with Crippen LogP contribution in [0.4, 0.5) is 4.79 Å². The van der Waals surface area contributed by atoms with Gasteiger partial charge < -0.3 is 14.0 Å². The van der Waals surface area contributed by atoms with Crippen molar-refractivity contribution >= 4 is 17.5 Å². The van der Waals surface area contributed by atoms with Gasteiger partial charge in [-0.2, -0.15) is 0 Å². The van der Waals surface area contributed by atoms with Gasteiger partial charge in [0, 0.05) is 11.4 Å². The van der Waals surface area contributed by atoms with Gasteiger partial charge in [-0.15, -0.1) is 4.72 Å². The summed E-state index contributed by atoms with van der Waals surface area (Å²) < 4.78 is 25.9. The van der Waals surface area contributed by atoms with Crippen LogP contribution in [0.3, 0.4) is 0 Å². The van der Waals surface area contributed by atoms with Crippen LogP contribution in [0, 0.1) is 0 Å². The highest BCUT2D eigenvalue weighted by atomic mass is 32.2. The molecular weight excluding hydrogens is 326 g/mol. The Hall–Kier alpha value is -1.24. The van der Waals surface area contributed by atoms with Gasteiger partial charge in [-0.3, -0.25) is 0 Å². The average Bonchev–Trinajstić information content (AvgIpc) is 3.30. The van der Waals surface area contributed by atoms with Crippen molar-refractivity contribution in [3.05, 3.63) is 35.9 Å². The Morgan fingerprint density at radius 2 is 1.96 bits per heavy atom. The number of nitrogens with one attached hydrogen (secondary N) is 1. The van der Waals surface area contributed by atoms with E-state index in [1.807, 2.05) is 58.0 Å². The molecule has 1 saturated carbocycles. The lowest BCUT2D eigenvalue weighted by Crippen LogP contribution is -2.51. The van der Waals surface area contributed by atoms with Crippen molar-refractivity contribution < 1.29 is 18.8 Å². The van der Waals surface area contributed by atoms with Crippen molar-refractivity contribution in [2.75, 3.05) is 0 Å². The van der Waals surface area contributed by atoms with E-state index in [1.165, 1.54) is 0 Å². The van der Waals surface area contributed by atoms with Crippen molar-refractivity contribution in [2.45, 2.75) is 70.0 Å². The summed E-state index contributed by atoms with van der Waals surface area (Å²) in [6.45, 7) is 7.93. The van der Waals surface area contributed by atoms with E-state index < -0.39 is 23.1 Å². The van der Waals surface area contributed by atoms with Crippen molar-refractivity contribution in [1.29, 1.82) is 0 Å². The van der Waals surface area contributed by atoms with E-state index in [0.29, 0.717) is 0 Å². The van der Waals surface area contributed by atoms with Gasteiger partial charge in [0.05, 0.1) is 6.04 Å². The largest absolute Gasteiger partial charge is 0.598 e. The fourth-order valence-corrected chi connectivity index (χ4v) is 3.42. The first-order valence-corrected chi connectivity index (χ1v) is 9.49. The molecule has 2 rings (SSSR count). The molecule has 6 heteroatoms. The molecule has 0 saturated heterocycles. The minimum Gasteiger partial charge on any atom is -0.598 e. The summed E-state index contributed by atoms with van der Waals surface area (Å²) in [6, 6.07) is 9.35. The molecule has 0 bridgehead atoms. The van der Waals surface area contributed by atoms with Gasteiger partial charge in [-0.05, 0) is 45.6 Å². The van der Waals surface area contributed by atoms with Crippen molar-refractivity contribution in [2.24, 2.45) is 0 Å². The van der Waals surface area contributed by atoms with Crippen LogP contribution >= 0.6 is 0 Å². The second kappa shape index (κ2) is 7.76. The predicted molar refractivity (Wildman–Crippen MR) is 94.8 cm³/mol. The summed E-state index contributed by atoms with van der Waals surface area (Å²) in [5.74, 6) is 0. The number of hydrogen-bond donors (Lipinski definition) is 1. The normalized spacial score (nSPS) is 18.5. The standard InChI is InChI=1S/C18H27NO4S/c1-5-15(19-24(21)17(2,3)4)18(11-12-18)23-16(20)22-13-14-9-7-6-8-10-14/h6-10,15,19H,5,11-13H2,1-4H3/t15-,24-/m1/s1. The SMILES string of the molecule is CC[C@@H](N[S@+]([O-])C(C)(C)C)C1(OC(=O)OCc2ccccc2)CC1. The van der Waals surface area contributed by atoms with Crippen LogP contribution in [0.5, 0.6) is 0 Å². The molecule has 5 nitrogen and oxygen atoms in total.